The first-order chi connectivity index (χ1) is 12.1. The van der Waals surface area contributed by atoms with E-state index in [0.717, 1.165) is 16.9 Å². The topological polar surface area (TPSA) is 20.3 Å². The first kappa shape index (κ1) is 15.6. The van der Waals surface area contributed by atoms with Crippen LogP contribution in [0.4, 0.5) is 11.4 Å². The van der Waals surface area contributed by atoms with Crippen molar-refractivity contribution in [3.8, 4) is 0 Å². The van der Waals surface area contributed by atoms with Gasteiger partial charge < -0.3 is 4.90 Å². The summed E-state index contributed by atoms with van der Waals surface area (Å²) < 4.78 is 0. The van der Waals surface area contributed by atoms with Crippen LogP contribution in [0, 0.1) is 13.8 Å². The minimum Gasteiger partial charge on any atom is -0.333 e. The molecule has 0 aromatic heterocycles. The maximum Gasteiger partial charge on any atom is 0.167 e. The molecule has 1 aliphatic rings. The van der Waals surface area contributed by atoms with Gasteiger partial charge in [0, 0.05) is 17.7 Å². The van der Waals surface area contributed by atoms with Crippen molar-refractivity contribution in [1.82, 2.24) is 0 Å². The number of benzene rings is 3. The van der Waals surface area contributed by atoms with Crippen LogP contribution in [0.3, 0.4) is 0 Å². The van der Waals surface area contributed by atoms with Crippen LogP contribution in [-0.4, -0.2) is 5.78 Å². The first-order valence-electron chi connectivity index (χ1n) is 8.68. The molecule has 0 saturated heterocycles. The summed E-state index contributed by atoms with van der Waals surface area (Å²) in [6.45, 7) is 4.18. The summed E-state index contributed by atoms with van der Waals surface area (Å²) in [6.07, 6.45) is 0.494. The van der Waals surface area contributed by atoms with E-state index < -0.39 is 0 Å². The number of nitrogens with zero attached hydrogens (tertiary/aromatic N) is 1. The number of rotatable bonds is 2. The average Bonchev–Trinajstić information content (AvgIpc) is 2.63. The third-order valence-corrected chi connectivity index (χ3v) is 4.93. The second-order valence-corrected chi connectivity index (χ2v) is 6.78. The van der Waals surface area contributed by atoms with E-state index in [1.165, 1.54) is 16.7 Å². The number of hydrogen-bond donors (Lipinski definition) is 0. The molecular formula is C23H21NO. The van der Waals surface area contributed by atoms with Gasteiger partial charge in [0.15, 0.2) is 5.78 Å². The lowest BCUT2D eigenvalue weighted by atomic mass is 9.89. The van der Waals surface area contributed by atoms with Gasteiger partial charge in [0.1, 0.15) is 0 Å². The number of anilines is 2. The summed E-state index contributed by atoms with van der Waals surface area (Å²) >= 11 is 0. The molecule has 4 rings (SSSR count). The molecule has 0 spiro atoms. The molecule has 1 unspecified atom stereocenters. The van der Waals surface area contributed by atoms with E-state index in [0.29, 0.717) is 6.42 Å². The van der Waals surface area contributed by atoms with E-state index in [1.54, 1.807) is 0 Å². The van der Waals surface area contributed by atoms with E-state index in [-0.39, 0.29) is 11.8 Å². The van der Waals surface area contributed by atoms with Crippen molar-refractivity contribution in [1.29, 1.82) is 0 Å². The Morgan fingerprint density at radius 2 is 1.40 bits per heavy atom. The van der Waals surface area contributed by atoms with Crippen LogP contribution in [0.2, 0.25) is 0 Å². The summed E-state index contributed by atoms with van der Waals surface area (Å²) in [5.41, 5.74) is 6.56. The van der Waals surface area contributed by atoms with Crippen molar-refractivity contribution < 1.29 is 4.79 Å². The zero-order valence-corrected chi connectivity index (χ0v) is 14.6. The molecule has 0 radical (unpaired) electrons. The highest BCUT2D eigenvalue weighted by Crippen LogP contribution is 2.43. The monoisotopic (exact) mass is 327 g/mol. The fraction of sp³-hybridized carbons (Fsp3) is 0.174. The Hall–Kier alpha value is -2.87. The van der Waals surface area contributed by atoms with Crippen molar-refractivity contribution in [2.75, 3.05) is 4.90 Å². The normalized spacial score (nSPS) is 16.6. The van der Waals surface area contributed by atoms with E-state index in [1.807, 2.05) is 24.3 Å². The van der Waals surface area contributed by atoms with E-state index in [4.69, 9.17) is 0 Å². The molecular weight excluding hydrogens is 306 g/mol. The van der Waals surface area contributed by atoms with Gasteiger partial charge in [0.05, 0.1) is 11.7 Å². The lowest BCUT2D eigenvalue weighted by molar-refractivity contribution is 0.0968. The zero-order valence-electron chi connectivity index (χ0n) is 14.6. The van der Waals surface area contributed by atoms with Gasteiger partial charge in [-0.1, -0.05) is 59.7 Å². The number of Topliss-reactive ketones (excluding diaryl/α,β-unsaturated/α-hetero) is 1. The minimum atomic E-state index is 0.0192. The molecule has 0 amide bonds. The smallest absolute Gasteiger partial charge is 0.167 e. The van der Waals surface area contributed by atoms with Crippen LogP contribution in [-0.2, 0) is 0 Å². The number of para-hydroxylation sites is 1. The predicted molar refractivity (Wildman–Crippen MR) is 103 cm³/mol. The third kappa shape index (κ3) is 2.85. The summed E-state index contributed by atoms with van der Waals surface area (Å²) in [6, 6.07) is 25.0. The Morgan fingerprint density at radius 3 is 2.08 bits per heavy atom. The zero-order chi connectivity index (χ0) is 17.4. The van der Waals surface area contributed by atoms with Crippen LogP contribution in [0.1, 0.15) is 39.5 Å². The number of ketones is 1. The highest BCUT2D eigenvalue weighted by atomic mass is 16.1. The lowest BCUT2D eigenvalue weighted by Crippen LogP contribution is -2.32. The summed E-state index contributed by atoms with van der Waals surface area (Å²) in [4.78, 5) is 15.0. The Bertz CT molecular complexity index is 910. The molecule has 2 nitrogen and oxygen atoms in total. The highest BCUT2D eigenvalue weighted by Gasteiger charge is 2.33. The summed E-state index contributed by atoms with van der Waals surface area (Å²) in [7, 11) is 0. The molecule has 0 fully saturated rings. The Kier molecular flexibility index (Phi) is 3.89. The van der Waals surface area contributed by atoms with Crippen molar-refractivity contribution >= 4 is 17.2 Å². The molecule has 25 heavy (non-hydrogen) atoms. The molecule has 1 heterocycles. The summed E-state index contributed by atoms with van der Waals surface area (Å²) in [5.74, 6) is 0.213. The average molecular weight is 327 g/mol. The fourth-order valence-corrected chi connectivity index (χ4v) is 3.54. The van der Waals surface area contributed by atoms with Gasteiger partial charge in [-0.25, -0.2) is 0 Å². The summed E-state index contributed by atoms with van der Waals surface area (Å²) in [5, 5.41) is 0. The molecule has 1 aliphatic heterocycles. The fourth-order valence-electron chi connectivity index (χ4n) is 3.54. The number of fused-ring (bicyclic) bond motifs is 1. The van der Waals surface area contributed by atoms with Gasteiger partial charge in [0.25, 0.3) is 0 Å². The quantitative estimate of drug-likeness (QED) is 0.595. The first-order valence-corrected chi connectivity index (χ1v) is 8.68. The third-order valence-electron chi connectivity index (χ3n) is 4.93. The predicted octanol–water partition coefficient (Wildman–Crippen LogP) is 5.77. The van der Waals surface area contributed by atoms with E-state index >= 15 is 0 Å². The standard InChI is InChI=1S/C23H21NO/c1-16-7-11-18(12-8-16)22-15-23(25)20-5-3-4-6-21(20)24(22)19-13-9-17(2)10-14-19/h3-14,22H,15H2,1-2H3. The van der Waals surface area contributed by atoms with Crippen molar-refractivity contribution in [3.63, 3.8) is 0 Å². The number of carbonyl (C=O) groups excluding carboxylic acids is 1. The van der Waals surface area contributed by atoms with Crippen molar-refractivity contribution in [2.24, 2.45) is 0 Å². The van der Waals surface area contributed by atoms with Crippen molar-refractivity contribution in [3.05, 3.63) is 95.1 Å². The number of hydrogen-bond acceptors (Lipinski definition) is 2. The molecule has 1 atom stereocenters. The van der Waals surface area contributed by atoms with Gasteiger partial charge in [-0.05, 0) is 43.7 Å². The second-order valence-electron chi connectivity index (χ2n) is 6.78. The van der Waals surface area contributed by atoms with Crippen LogP contribution in [0.5, 0.6) is 0 Å². The molecule has 3 aromatic carbocycles. The molecule has 0 N–H and O–H groups in total. The largest absolute Gasteiger partial charge is 0.333 e. The highest BCUT2D eigenvalue weighted by molar-refractivity contribution is 6.05. The van der Waals surface area contributed by atoms with Crippen LogP contribution in [0.15, 0.2) is 72.8 Å². The van der Waals surface area contributed by atoms with Gasteiger partial charge in [-0.2, -0.15) is 0 Å². The van der Waals surface area contributed by atoms with Crippen molar-refractivity contribution in [2.45, 2.75) is 26.3 Å². The van der Waals surface area contributed by atoms with Gasteiger partial charge in [0.2, 0.25) is 0 Å². The van der Waals surface area contributed by atoms with Crippen LogP contribution < -0.4 is 4.90 Å². The molecule has 0 saturated carbocycles. The molecule has 124 valence electrons. The maximum atomic E-state index is 12.7. The van der Waals surface area contributed by atoms with Gasteiger partial charge in [-0.3, -0.25) is 4.79 Å². The SMILES string of the molecule is Cc1ccc(C2CC(=O)c3ccccc3N2c2ccc(C)cc2)cc1. The van der Waals surface area contributed by atoms with E-state index in [2.05, 4.69) is 67.3 Å². The Morgan fingerprint density at radius 1 is 0.800 bits per heavy atom. The second kappa shape index (κ2) is 6.21. The Labute approximate surface area is 148 Å². The number of carbonyl (C=O) groups is 1. The molecule has 0 bridgehead atoms. The van der Waals surface area contributed by atoms with Gasteiger partial charge >= 0.3 is 0 Å². The van der Waals surface area contributed by atoms with Crippen LogP contribution in [0.25, 0.3) is 0 Å². The maximum absolute atomic E-state index is 12.7. The number of aryl methyl sites for hydroxylation is 2. The van der Waals surface area contributed by atoms with Gasteiger partial charge in [-0.15, -0.1) is 0 Å². The Balaban J connectivity index is 1.88. The van der Waals surface area contributed by atoms with E-state index in [9.17, 15) is 4.79 Å². The molecule has 0 aliphatic carbocycles. The van der Waals surface area contributed by atoms with Crippen LogP contribution >= 0.6 is 0 Å². The minimum absolute atomic E-state index is 0.0192. The molecule has 2 heteroatoms. The lowest BCUT2D eigenvalue weighted by Gasteiger charge is -2.38. The molecule has 3 aromatic rings.